The van der Waals surface area contributed by atoms with Crippen molar-refractivity contribution >= 4 is 6.29 Å². The Morgan fingerprint density at radius 1 is 1.70 bits per heavy atom. The van der Waals surface area contributed by atoms with Crippen LogP contribution >= 0.6 is 0 Å². The van der Waals surface area contributed by atoms with Gasteiger partial charge in [-0.25, -0.2) is 4.98 Å². The van der Waals surface area contributed by atoms with Gasteiger partial charge in [0.1, 0.15) is 5.82 Å². The second-order valence-corrected chi connectivity index (χ2v) is 2.62. The molecule has 0 spiro atoms. The molecular weight excluding hydrogens is 128 g/mol. The minimum Gasteiger partial charge on any atom is -0.340 e. The Morgan fingerprint density at radius 3 is 3.00 bits per heavy atom. The van der Waals surface area contributed by atoms with Crippen molar-refractivity contribution in [2.75, 3.05) is 0 Å². The molecule has 1 aromatic heterocycles. The van der Waals surface area contributed by atoms with Gasteiger partial charge in [0.05, 0.1) is 11.9 Å². The molecule has 1 fully saturated rings. The second-order valence-electron chi connectivity index (χ2n) is 2.62. The van der Waals surface area contributed by atoms with Gasteiger partial charge in [-0.15, -0.1) is 0 Å². The van der Waals surface area contributed by atoms with Crippen molar-refractivity contribution < 1.29 is 4.79 Å². The summed E-state index contributed by atoms with van der Waals surface area (Å²) in [7, 11) is 0. The van der Waals surface area contributed by atoms with Gasteiger partial charge < -0.3 is 4.98 Å². The van der Waals surface area contributed by atoms with E-state index in [0.29, 0.717) is 11.6 Å². The Balaban J connectivity index is 2.26. The van der Waals surface area contributed by atoms with E-state index in [0.717, 1.165) is 12.1 Å². The van der Waals surface area contributed by atoms with Gasteiger partial charge in [0.15, 0.2) is 6.29 Å². The van der Waals surface area contributed by atoms with Crippen LogP contribution in [0.5, 0.6) is 0 Å². The molecule has 0 aromatic carbocycles. The topological polar surface area (TPSA) is 45.8 Å². The number of rotatable bonds is 2. The first-order chi connectivity index (χ1) is 4.90. The molecule has 3 heteroatoms. The zero-order chi connectivity index (χ0) is 6.97. The van der Waals surface area contributed by atoms with Crippen molar-refractivity contribution in [1.29, 1.82) is 0 Å². The summed E-state index contributed by atoms with van der Waals surface area (Å²) >= 11 is 0. The molecule has 1 aliphatic rings. The zero-order valence-corrected chi connectivity index (χ0v) is 5.50. The van der Waals surface area contributed by atoms with Crippen LogP contribution in [0, 0.1) is 0 Å². The third-order valence-electron chi connectivity index (χ3n) is 1.71. The highest BCUT2D eigenvalue weighted by Gasteiger charge is 2.26. The first-order valence-electron chi connectivity index (χ1n) is 3.40. The van der Waals surface area contributed by atoms with E-state index in [-0.39, 0.29) is 0 Å². The third kappa shape index (κ3) is 0.835. The maximum absolute atomic E-state index is 10.2. The predicted molar refractivity (Wildman–Crippen MR) is 36.0 cm³/mol. The average Bonchev–Trinajstić information content (AvgIpc) is 2.70. The van der Waals surface area contributed by atoms with Gasteiger partial charge in [-0.05, 0) is 12.8 Å². The number of hydrogen-bond acceptors (Lipinski definition) is 2. The van der Waals surface area contributed by atoms with E-state index in [1.165, 1.54) is 12.8 Å². The van der Waals surface area contributed by atoms with Gasteiger partial charge in [0.2, 0.25) is 0 Å². The van der Waals surface area contributed by atoms with Crippen molar-refractivity contribution in [2.45, 2.75) is 18.8 Å². The van der Waals surface area contributed by atoms with Crippen LogP contribution < -0.4 is 0 Å². The molecule has 3 nitrogen and oxygen atoms in total. The molecule has 1 heterocycles. The van der Waals surface area contributed by atoms with E-state index in [1.54, 1.807) is 6.20 Å². The number of H-pyrrole nitrogens is 1. The lowest BCUT2D eigenvalue weighted by molar-refractivity contribution is 0.111. The van der Waals surface area contributed by atoms with E-state index < -0.39 is 0 Å². The van der Waals surface area contributed by atoms with Crippen molar-refractivity contribution in [3.8, 4) is 0 Å². The van der Waals surface area contributed by atoms with Gasteiger partial charge in [0, 0.05) is 5.92 Å². The van der Waals surface area contributed by atoms with E-state index >= 15 is 0 Å². The van der Waals surface area contributed by atoms with Crippen molar-refractivity contribution in [3.63, 3.8) is 0 Å². The van der Waals surface area contributed by atoms with Gasteiger partial charge in [-0.3, -0.25) is 4.79 Å². The van der Waals surface area contributed by atoms with Crippen LogP contribution in [0.1, 0.15) is 35.1 Å². The molecule has 10 heavy (non-hydrogen) atoms. The minimum absolute atomic E-state index is 0.585. The van der Waals surface area contributed by atoms with Crippen LogP contribution in [0.15, 0.2) is 6.20 Å². The largest absolute Gasteiger partial charge is 0.340 e. The molecule has 1 aliphatic carbocycles. The summed E-state index contributed by atoms with van der Waals surface area (Å²) < 4.78 is 0. The van der Waals surface area contributed by atoms with Gasteiger partial charge in [-0.1, -0.05) is 0 Å². The molecule has 0 unspecified atom stereocenters. The molecule has 0 saturated heterocycles. The van der Waals surface area contributed by atoms with Crippen molar-refractivity contribution in [1.82, 2.24) is 9.97 Å². The van der Waals surface area contributed by atoms with Crippen LogP contribution in [0.2, 0.25) is 0 Å². The van der Waals surface area contributed by atoms with Crippen molar-refractivity contribution in [2.24, 2.45) is 0 Å². The number of carbonyl (C=O) groups is 1. The summed E-state index contributed by atoms with van der Waals surface area (Å²) in [4.78, 5) is 17.2. The number of imidazole rings is 1. The fourth-order valence-corrected chi connectivity index (χ4v) is 0.976. The predicted octanol–water partition coefficient (Wildman–Crippen LogP) is 1.10. The van der Waals surface area contributed by atoms with Crippen LogP contribution in [0.4, 0.5) is 0 Å². The normalized spacial score (nSPS) is 17.2. The van der Waals surface area contributed by atoms with E-state index in [2.05, 4.69) is 9.97 Å². The number of nitrogens with zero attached hydrogens (tertiary/aromatic N) is 1. The highest BCUT2D eigenvalue weighted by molar-refractivity contribution is 5.71. The fourth-order valence-electron chi connectivity index (χ4n) is 0.976. The van der Waals surface area contributed by atoms with Gasteiger partial charge in [-0.2, -0.15) is 0 Å². The van der Waals surface area contributed by atoms with E-state index in [1.807, 2.05) is 0 Å². The summed E-state index contributed by atoms with van der Waals surface area (Å²) in [6.45, 7) is 0. The minimum atomic E-state index is 0.585. The standard InChI is InChI=1S/C7H8N2O/c10-4-6-3-8-7(9-6)5-1-2-5/h3-5H,1-2H2,(H,8,9). The Labute approximate surface area is 58.5 Å². The van der Waals surface area contributed by atoms with E-state index in [4.69, 9.17) is 0 Å². The second kappa shape index (κ2) is 1.94. The number of carbonyl (C=O) groups excluding carboxylic acids is 1. The smallest absolute Gasteiger partial charge is 0.167 e. The van der Waals surface area contributed by atoms with Crippen LogP contribution in [-0.4, -0.2) is 16.3 Å². The molecule has 0 bridgehead atoms. The highest BCUT2D eigenvalue weighted by Crippen LogP contribution is 2.37. The fraction of sp³-hybridized carbons (Fsp3) is 0.429. The molecule has 1 N–H and O–H groups in total. The number of aromatic nitrogens is 2. The quantitative estimate of drug-likeness (QED) is 0.619. The first-order valence-corrected chi connectivity index (χ1v) is 3.40. The maximum atomic E-state index is 10.2. The van der Waals surface area contributed by atoms with Crippen LogP contribution in [0.3, 0.4) is 0 Å². The summed E-state index contributed by atoms with van der Waals surface area (Å²) in [5, 5.41) is 0. The SMILES string of the molecule is O=Cc1cnc(C2CC2)[nH]1. The Kier molecular flexibility index (Phi) is 1.09. The van der Waals surface area contributed by atoms with Crippen molar-refractivity contribution in [3.05, 3.63) is 17.7 Å². The lowest BCUT2D eigenvalue weighted by atomic mass is 10.4. The summed E-state index contributed by atoms with van der Waals surface area (Å²) in [5.41, 5.74) is 0.585. The lowest BCUT2D eigenvalue weighted by Crippen LogP contribution is -1.82. The number of aromatic amines is 1. The molecule has 52 valence electrons. The molecule has 1 aromatic rings. The Bertz CT molecular complexity index is 250. The molecule has 0 amide bonds. The molecule has 0 radical (unpaired) electrons. The molecule has 0 aliphatic heterocycles. The Morgan fingerprint density at radius 2 is 2.50 bits per heavy atom. The number of nitrogens with one attached hydrogen (secondary N) is 1. The summed E-state index contributed by atoms with van der Waals surface area (Å²) in [6, 6.07) is 0. The molecule has 2 rings (SSSR count). The number of hydrogen-bond donors (Lipinski definition) is 1. The van der Waals surface area contributed by atoms with Gasteiger partial charge >= 0.3 is 0 Å². The number of aldehydes is 1. The van der Waals surface area contributed by atoms with Crippen LogP contribution in [0.25, 0.3) is 0 Å². The molecule has 1 saturated carbocycles. The molecule has 0 atom stereocenters. The lowest BCUT2D eigenvalue weighted by Gasteiger charge is -1.84. The maximum Gasteiger partial charge on any atom is 0.167 e. The summed E-state index contributed by atoms with van der Waals surface area (Å²) in [5.74, 6) is 1.58. The van der Waals surface area contributed by atoms with Gasteiger partial charge in [0.25, 0.3) is 0 Å². The third-order valence-corrected chi connectivity index (χ3v) is 1.71. The Hall–Kier alpha value is -1.12. The monoisotopic (exact) mass is 136 g/mol. The average molecular weight is 136 g/mol. The summed E-state index contributed by atoms with van der Waals surface area (Å²) in [6.07, 6.45) is 4.80. The molecular formula is C7H8N2O. The highest BCUT2D eigenvalue weighted by atomic mass is 16.1. The van der Waals surface area contributed by atoms with Crippen LogP contribution in [-0.2, 0) is 0 Å². The first kappa shape index (κ1) is 5.65. The zero-order valence-electron chi connectivity index (χ0n) is 5.50. The van der Waals surface area contributed by atoms with E-state index in [9.17, 15) is 4.79 Å².